The Hall–Kier alpha value is -1.89. The molecule has 0 atom stereocenters. The summed E-state index contributed by atoms with van der Waals surface area (Å²) in [5.41, 5.74) is 0.311. The predicted octanol–water partition coefficient (Wildman–Crippen LogP) is 1.05. The normalized spacial score (nSPS) is 16.3. The largest absolute Gasteiger partial charge is 0.480 e. The third-order valence-corrected chi connectivity index (χ3v) is 4.92. The SMILES string of the molecule is Cc1cc(S(C)(=O)=O)cc(C(=O)NC2(C(=O)O)CC2)c1C. The van der Waals surface area contributed by atoms with E-state index in [9.17, 15) is 18.0 Å². The van der Waals surface area contributed by atoms with E-state index in [4.69, 9.17) is 5.11 Å². The Kier molecular flexibility index (Phi) is 3.57. The molecule has 2 rings (SSSR count). The summed E-state index contributed by atoms with van der Waals surface area (Å²) >= 11 is 0. The van der Waals surface area contributed by atoms with Crippen LogP contribution in [0.15, 0.2) is 17.0 Å². The number of sulfone groups is 1. The second kappa shape index (κ2) is 4.84. The van der Waals surface area contributed by atoms with Crippen molar-refractivity contribution < 1.29 is 23.1 Å². The average molecular weight is 311 g/mol. The molecule has 0 aliphatic heterocycles. The highest BCUT2D eigenvalue weighted by Crippen LogP contribution is 2.36. The van der Waals surface area contributed by atoms with Gasteiger partial charge < -0.3 is 10.4 Å². The van der Waals surface area contributed by atoms with Crippen LogP contribution in [0.3, 0.4) is 0 Å². The molecule has 6 nitrogen and oxygen atoms in total. The molecule has 1 aliphatic rings. The molecular weight excluding hydrogens is 294 g/mol. The van der Waals surface area contributed by atoms with E-state index < -0.39 is 27.3 Å². The molecule has 1 amide bonds. The van der Waals surface area contributed by atoms with E-state index in [0.717, 1.165) is 6.26 Å². The van der Waals surface area contributed by atoms with Crippen molar-refractivity contribution in [1.29, 1.82) is 0 Å². The molecule has 7 heteroatoms. The molecule has 0 bridgehead atoms. The maximum absolute atomic E-state index is 12.3. The monoisotopic (exact) mass is 311 g/mol. The van der Waals surface area contributed by atoms with Crippen LogP contribution in [0.5, 0.6) is 0 Å². The van der Waals surface area contributed by atoms with Crippen molar-refractivity contribution in [3.63, 3.8) is 0 Å². The van der Waals surface area contributed by atoms with E-state index in [1.165, 1.54) is 12.1 Å². The molecule has 21 heavy (non-hydrogen) atoms. The van der Waals surface area contributed by atoms with Gasteiger partial charge in [-0.1, -0.05) is 0 Å². The maximum atomic E-state index is 12.3. The van der Waals surface area contributed by atoms with Gasteiger partial charge in [-0.15, -0.1) is 0 Å². The van der Waals surface area contributed by atoms with Crippen molar-refractivity contribution in [2.75, 3.05) is 6.26 Å². The third kappa shape index (κ3) is 2.92. The molecular formula is C14H17NO5S. The molecule has 0 heterocycles. The summed E-state index contributed by atoms with van der Waals surface area (Å²) in [4.78, 5) is 23.5. The first-order valence-electron chi connectivity index (χ1n) is 6.44. The summed E-state index contributed by atoms with van der Waals surface area (Å²) in [7, 11) is -3.44. The van der Waals surface area contributed by atoms with E-state index in [2.05, 4.69) is 5.32 Å². The van der Waals surface area contributed by atoms with Gasteiger partial charge in [0.15, 0.2) is 9.84 Å². The van der Waals surface area contributed by atoms with Crippen molar-refractivity contribution in [2.24, 2.45) is 0 Å². The molecule has 1 aromatic carbocycles. The Balaban J connectivity index is 2.42. The highest BCUT2D eigenvalue weighted by Gasteiger charge is 2.51. The molecule has 2 N–H and O–H groups in total. The fourth-order valence-electron chi connectivity index (χ4n) is 2.08. The Morgan fingerprint density at radius 1 is 1.24 bits per heavy atom. The van der Waals surface area contributed by atoms with Gasteiger partial charge in [-0.25, -0.2) is 13.2 Å². The van der Waals surface area contributed by atoms with E-state index in [1.807, 2.05) is 0 Å². The Labute approximate surface area is 123 Å². The summed E-state index contributed by atoms with van der Waals surface area (Å²) < 4.78 is 23.3. The molecule has 0 radical (unpaired) electrons. The fraction of sp³-hybridized carbons (Fsp3) is 0.429. The minimum Gasteiger partial charge on any atom is -0.480 e. The predicted molar refractivity (Wildman–Crippen MR) is 76.1 cm³/mol. The number of carboxylic acid groups (broad SMARTS) is 1. The zero-order valence-corrected chi connectivity index (χ0v) is 12.9. The van der Waals surface area contributed by atoms with E-state index >= 15 is 0 Å². The van der Waals surface area contributed by atoms with Crippen LogP contribution >= 0.6 is 0 Å². The molecule has 0 unspecified atom stereocenters. The number of hydrogen-bond acceptors (Lipinski definition) is 4. The number of aliphatic carboxylic acids is 1. The third-order valence-electron chi connectivity index (χ3n) is 3.83. The number of carbonyl (C=O) groups is 2. The lowest BCUT2D eigenvalue weighted by Crippen LogP contribution is -2.43. The van der Waals surface area contributed by atoms with Gasteiger partial charge in [0.05, 0.1) is 4.90 Å². The van der Waals surface area contributed by atoms with Gasteiger partial charge in [0.1, 0.15) is 5.54 Å². The van der Waals surface area contributed by atoms with Gasteiger partial charge in [0.25, 0.3) is 5.91 Å². The lowest BCUT2D eigenvalue weighted by atomic mass is 10.0. The first-order chi connectivity index (χ1) is 9.57. The summed E-state index contributed by atoms with van der Waals surface area (Å²) in [5, 5.41) is 11.6. The summed E-state index contributed by atoms with van der Waals surface area (Å²) in [6, 6.07) is 2.80. The standard InChI is InChI=1S/C14H17NO5S/c1-8-6-10(21(3,19)20)7-11(9(8)2)12(16)15-14(4-5-14)13(17)18/h6-7H,4-5H2,1-3H3,(H,15,16)(H,17,18). The van der Waals surface area contributed by atoms with Gasteiger partial charge in [0, 0.05) is 11.8 Å². The molecule has 0 spiro atoms. The first kappa shape index (κ1) is 15.5. The Bertz CT molecular complexity index is 732. The molecule has 1 fully saturated rings. The van der Waals surface area contributed by atoms with Crippen molar-refractivity contribution >= 4 is 21.7 Å². The molecule has 1 aromatic rings. The zero-order chi connectivity index (χ0) is 16.0. The number of carboxylic acids is 1. The quantitative estimate of drug-likeness (QED) is 0.865. The number of nitrogens with one attached hydrogen (secondary N) is 1. The smallest absolute Gasteiger partial charge is 0.329 e. The second-order valence-electron chi connectivity index (χ2n) is 5.53. The van der Waals surface area contributed by atoms with Crippen LogP contribution in [-0.2, 0) is 14.6 Å². The lowest BCUT2D eigenvalue weighted by Gasteiger charge is -2.15. The molecule has 114 valence electrons. The summed E-state index contributed by atoms with van der Waals surface area (Å²) in [6.07, 6.45) is 1.84. The van der Waals surface area contributed by atoms with Crippen LogP contribution < -0.4 is 5.32 Å². The van der Waals surface area contributed by atoms with Crippen LogP contribution in [0, 0.1) is 13.8 Å². The van der Waals surface area contributed by atoms with Crippen LogP contribution in [0.4, 0.5) is 0 Å². The fourth-order valence-corrected chi connectivity index (χ4v) is 2.80. The van der Waals surface area contributed by atoms with Gasteiger partial charge in [-0.05, 0) is 49.9 Å². The van der Waals surface area contributed by atoms with Crippen LogP contribution in [-0.4, -0.2) is 37.2 Å². The van der Waals surface area contributed by atoms with Crippen LogP contribution in [0.25, 0.3) is 0 Å². The first-order valence-corrected chi connectivity index (χ1v) is 8.33. The van der Waals surface area contributed by atoms with Gasteiger partial charge in [-0.3, -0.25) is 4.79 Å². The number of hydrogen-bond donors (Lipinski definition) is 2. The van der Waals surface area contributed by atoms with Gasteiger partial charge in [-0.2, -0.15) is 0 Å². The highest BCUT2D eigenvalue weighted by atomic mass is 32.2. The van der Waals surface area contributed by atoms with Gasteiger partial charge in [0.2, 0.25) is 0 Å². The number of benzene rings is 1. The average Bonchev–Trinajstić information content (AvgIpc) is 3.11. The minimum absolute atomic E-state index is 0.0518. The van der Waals surface area contributed by atoms with E-state index in [1.54, 1.807) is 13.8 Å². The molecule has 0 aromatic heterocycles. The molecule has 1 aliphatic carbocycles. The summed E-state index contributed by atoms with van der Waals surface area (Å²) in [5.74, 6) is -1.62. The van der Waals surface area contributed by atoms with Gasteiger partial charge >= 0.3 is 5.97 Å². The second-order valence-corrected chi connectivity index (χ2v) is 7.54. The number of amides is 1. The molecule has 1 saturated carbocycles. The van der Waals surface area contributed by atoms with Crippen LogP contribution in [0.2, 0.25) is 0 Å². The Morgan fingerprint density at radius 2 is 1.81 bits per heavy atom. The van der Waals surface area contributed by atoms with E-state index in [-0.39, 0.29) is 10.5 Å². The lowest BCUT2D eigenvalue weighted by molar-refractivity contribution is -0.140. The minimum atomic E-state index is -3.44. The van der Waals surface area contributed by atoms with Crippen LogP contribution in [0.1, 0.15) is 34.3 Å². The van der Waals surface area contributed by atoms with Crippen molar-refractivity contribution in [2.45, 2.75) is 37.1 Å². The number of rotatable bonds is 4. The zero-order valence-electron chi connectivity index (χ0n) is 12.1. The summed E-state index contributed by atoms with van der Waals surface area (Å²) in [6.45, 7) is 3.42. The number of carbonyl (C=O) groups excluding carboxylic acids is 1. The Morgan fingerprint density at radius 3 is 2.24 bits per heavy atom. The molecule has 0 saturated heterocycles. The van der Waals surface area contributed by atoms with Crippen molar-refractivity contribution in [1.82, 2.24) is 5.32 Å². The van der Waals surface area contributed by atoms with E-state index in [0.29, 0.717) is 24.0 Å². The highest BCUT2D eigenvalue weighted by molar-refractivity contribution is 7.90. The van der Waals surface area contributed by atoms with Crippen molar-refractivity contribution in [3.8, 4) is 0 Å². The number of aryl methyl sites for hydroxylation is 1. The van der Waals surface area contributed by atoms with Crippen molar-refractivity contribution in [3.05, 3.63) is 28.8 Å². The topological polar surface area (TPSA) is 101 Å². The maximum Gasteiger partial charge on any atom is 0.329 e.